The number of hydrogen-bond donors (Lipinski definition) is 1. The average Bonchev–Trinajstić information content (AvgIpc) is 2.42. The lowest BCUT2D eigenvalue weighted by Crippen LogP contribution is -2.17. The first-order valence-electron chi connectivity index (χ1n) is 4.79. The SMILES string of the molecule is CCNCc1oc(=O)oc1C(C)(C)C. The van der Waals surface area contributed by atoms with Crippen LogP contribution in [-0.2, 0) is 12.0 Å². The molecule has 0 bridgehead atoms. The highest BCUT2D eigenvalue weighted by molar-refractivity contribution is 5.13. The van der Waals surface area contributed by atoms with E-state index >= 15 is 0 Å². The van der Waals surface area contributed by atoms with Crippen molar-refractivity contribution < 1.29 is 8.83 Å². The first-order chi connectivity index (χ1) is 6.45. The predicted molar refractivity (Wildman–Crippen MR) is 53.3 cm³/mol. The van der Waals surface area contributed by atoms with Crippen molar-refractivity contribution in [2.24, 2.45) is 0 Å². The van der Waals surface area contributed by atoms with E-state index in [-0.39, 0.29) is 5.41 Å². The van der Waals surface area contributed by atoms with Crippen LogP contribution in [-0.4, -0.2) is 6.54 Å². The largest absolute Gasteiger partial charge is 0.519 e. The van der Waals surface area contributed by atoms with Gasteiger partial charge in [0.15, 0.2) is 11.5 Å². The fourth-order valence-electron chi connectivity index (χ4n) is 1.23. The van der Waals surface area contributed by atoms with E-state index < -0.39 is 5.82 Å². The Kier molecular flexibility index (Phi) is 3.16. The molecule has 0 aliphatic rings. The maximum Gasteiger partial charge on any atom is 0.519 e. The van der Waals surface area contributed by atoms with Gasteiger partial charge in [0.25, 0.3) is 0 Å². The zero-order chi connectivity index (χ0) is 10.8. The molecule has 4 heteroatoms. The van der Waals surface area contributed by atoms with Gasteiger partial charge in [-0.25, -0.2) is 4.79 Å². The van der Waals surface area contributed by atoms with Crippen molar-refractivity contribution >= 4 is 0 Å². The minimum Gasteiger partial charge on any atom is -0.395 e. The van der Waals surface area contributed by atoms with Crippen molar-refractivity contribution in [2.75, 3.05) is 6.54 Å². The molecule has 1 aromatic rings. The Hall–Kier alpha value is -1.03. The molecular formula is C10H17NO3. The van der Waals surface area contributed by atoms with Crippen LogP contribution in [0.5, 0.6) is 0 Å². The highest BCUT2D eigenvalue weighted by Gasteiger charge is 2.25. The van der Waals surface area contributed by atoms with Gasteiger partial charge in [-0.15, -0.1) is 0 Å². The Morgan fingerprint density at radius 2 is 1.93 bits per heavy atom. The van der Waals surface area contributed by atoms with Gasteiger partial charge in [-0.05, 0) is 6.54 Å². The van der Waals surface area contributed by atoms with Crippen LogP contribution < -0.4 is 11.1 Å². The summed E-state index contributed by atoms with van der Waals surface area (Å²) in [5, 5.41) is 3.10. The van der Waals surface area contributed by atoms with Gasteiger partial charge in [0, 0.05) is 5.41 Å². The summed E-state index contributed by atoms with van der Waals surface area (Å²) in [6, 6.07) is 0. The van der Waals surface area contributed by atoms with Gasteiger partial charge in [0.1, 0.15) is 0 Å². The predicted octanol–water partition coefficient (Wildman–Crippen LogP) is 1.64. The monoisotopic (exact) mass is 199 g/mol. The number of nitrogens with one attached hydrogen (secondary N) is 1. The number of rotatable bonds is 3. The van der Waals surface area contributed by atoms with Gasteiger partial charge in [0.2, 0.25) is 0 Å². The summed E-state index contributed by atoms with van der Waals surface area (Å²) in [6.45, 7) is 9.31. The van der Waals surface area contributed by atoms with E-state index in [0.717, 1.165) is 6.54 Å². The van der Waals surface area contributed by atoms with Crippen LogP contribution >= 0.6 is 0 Å². The first kappa shape index (κ1) is 11.0. The molecule has 0 unspecified atom stereocenters. The molecule has 0 spiro atoms. The van der Waals surface area contributed by atoms with Gasteiger partial charge in [-0.1, -0.05) is 27.7 Å². The van der Waals surface area contributed by atoms with Crippen molar-refractivity contribution in [2.45, 2.75) is 39.7 Å². The summed E-state index contributed by atoms with van der Waals surface area (Å²) in [6.07, 6.45) is 0. The van der Waals surface area contributed by atoms with Gasteiger partial charge in [-0.3, -0.25) is 0 Å². The Morgan fingerprint density at radius 3 is 2.43 bits per heavy atom. The molecule has 0 saturated heterocycles. The van der Waals surface area contributed by atoms with Gasteiger partial charge in [0.05, 0.1) is 6.54 Å². The van der Waals surface area contributed by atoms with E-state index in [1.54, 1.807) is 0 Å². The second-order valence-corrected chi connectivity index (χ2v) is 4.24. The van der Waals surface area contributed by atoms with Crippen LogP contribution in [0.15, 0.2) is 13.6 Å². The quantitative estimate of drug-likeness (QED) is 0.804. The number of hydrogen-bond acceptors (Lipinski definition) is 4. The van der Waals surface area contributed by atoms with Crippen LogP contribution in [0.1, 0.15) is 39.2 Å². The van der Waals surface area contributed by atoms with Crippen molar-refractivity contribution in [1.29, 1.82) is 0 Å². The average molecular weight is 199 g/mol. The molecule has 0 radical (unpaired) electrons. The van der Waals surface area contributed by atoms with E-state index in [9.17, 15) is 4.79 Å². The second kappa shape index (κ2) is 4.00. The summed E-state index contributed by atoms with van der Waals surface area (Å²) < 4.78 is 9.97. The highest BCUT2D eigenvalue weighted by atomic mass is 16.6. The molecule has 1 rings (SSSR count). The minimum absolute atomic E-state index is 0.198. The fraction of sp³-hybridized carbons (Fsp3) is 0.700. The van der Waals surface area contributed by atoms with Gasteiger partial charge < -0.3 is 14.2 Å². The summed E-state index contributed by atoms with van der Waals surface area (Å²) >= 11 is 0. The topological polar surface area (TPSA) is 55.4 Å². The van der Waals surface area contributed by atoms with Gasteiger partial charge in [-0.2, -0.15) is 0 Å². The molecule has 14 heavy (non-hydrogen) atoms. The van der Waals surface area contributed by atoms with Crippen molar-refractivity contribution in [3.05, 3.63) is 22.1 Å². The second-order valence-electron chi connectivity index (χ2n) is 4.24. The Labute approximate surface area is 83.3 Å². The first-order valence-corrected chi connectivity index (χ1v) is 4.79. The lowest BCUT2D eigenvalue weighted by molar-refractivity contribution is 0.343. The van der Waals surface area contributed by atoms with Crippen LogP contribution in [0, 0.1) is 0 Å². The molecular weight excluding hydrogens is 182 g/mol. The third-order valence-corrected chi connectivity index (χ3v) is 1.86. The standard InChI is InChI=1S/C10H17NO3/c1-5-11-6-7-8(10(2,3)4)14-9(12)13-7/h11H,5-6H2,1-4H3. The Bertz CT molecular complexity index is 343. The molecule has 1 heterocycles. The lowest BCUT2D eigenvalue weighted by atomic mass is 9.92. The smallest absolute Gasteiger partial charge is 0.395 e. The zero-order valence-electron chi connectivity index (χ0n) is 9.14. The van der Waals surface area contributed by atoms with Crippen molar-refractivity contribution in [3.63, 3.8) is 0 Å². The molecule has 0 saturated carbocycles. The van der Waals surface area contributed by atoms with Crippen molar-refractivity contribution in [3.8, 4) is 0 Å². The molecule has 0 fully saturated rings. The Balaban J connectivity index is 2.97. The maximum absolute atomic E-state index is 11.0. The fourth-order valence-corrected chi connectivity index (χ4v) is 1.23. The van der Waals surface area contributed by atoms with E-state index in [1.807, 2.05) is 27.7 Å². The molecule has 1 N–H and O–H groups in total. The van der Waals surface area contributed by atoms with E-state index in [2.05, 4.69) is 5.32 Å². The molecule has 80 valence electrons. The molecule has 4 nitrogen and oxygen atoms in total. The molecule has 0 amide bonds. The highest BCUT2D eigenvalue weighted by Crippen LogP contribution is 2.24. The van der Waals surface area contributed by atoms with E-state index in [0.29, 0.717) is 18.1 Å². The summed E-state index contributed by atoms with van der Waals surface area (Å²) in [7, 11) is 0. The van der Waals surface area contributed by atoms with Gasteiger partial charge >= 0.3 is 5.82 Å². The molecule has 0 aliphatic carbocycles. The normalized spacial score (nSPS) is 12.0. The molecule has 0 aliphatic heterocycles. The summed E-state index contributed by atoms with van der Waals surface area (Å²) in [5.41, 5.74) is -0.198. The van der Waals surface area contributed by atoms with Crippen LogP contribution in [0.3, 0.4) is 0 Å². The molecule has 1 aromatic heterocycles. The molecule has 0 atom stereocenters. The van der Waals surface area contributed by atoms with Crippen LogP contribution in [0.25, 0.3) is 0 Å². The minimum atomic E-state index is -0.622. The van der Waals surface area contributed by atoms with E-state index in [4.69, 9.17) is 8.83 Å². The maximum atomic E-state index is 11.0. The molecule has 0 aromatic carbocycles. The Morgan fingerprint density at radius 1 is 1.29 bits per heavy atom. The zero-order valence-corrected chi connectivity index (χ0v) is 9.14. The van der Waals surface area contributed by atoms with Crippen molar-refractivity contribution in [1.82, 2.24) is 5.32 Å². The lowest BCUT2D eigenvalue weighted by Gasteiger charge is -2.14. The van der Waals surface area contributed by atoms with Crippen LogP contribution in [0.4, 0.5) is 0 Å². The van der Waals surface area contributed by atoms with Crippen LogP contribution in [0.2, 0.25) is 0 Å². The third kappa shape index (κ3) is 2.48. The third-order valence-electron chi connectivity index (χ3n) is 1.86. The van der Waals surface area contributed by atoms with E-state index in [1.165, 1.54) is 0 Å². The summed E-state index contributed by atoms with van der Waals surface area (Å²) in [5.74, 6) is 0.607. The summed E-state index contributed by atoms with van der Waals surface area (Å²) in [4.78, 5) is 11.0.